The lowest BCUT2D eigenvalue weighted by Gasteiger charge is -2.34. The van der Waals surface area contributed by atoms with E-state index in [0.717, 1.165) is 85.8 Å². The van der Waals surface area contributed by atoms with Crippen molar-refractivity contribution in [2.75, 3.05) is 38.0 Å². The average molecular weight is 515 g/mol. The first-order valence-electron chi connectivity index (χ1n) is 13.6. The molecule has 0 spiro atoms. The first kappa shape index (κ1) is 24.9. The summed E-state index contributed by atoms with van der Waals surface area (Å²) in [6.45, 7) is 14.9. The molecular weight excluding hydrogens is 479 g/mol. The van der Waals surface area contributed by atoms with Crippen molar-refractivity contribution >= 4 is 22.8 Å². The van der Waals surface area contributed by atoms with Gasteiger partial charge in [-0.15, -0.1) is 0 Å². The van der Waals surface area contributed by atoms with Crippen LogP contribution < -0.4 is 5.32 Å². The summed E-state index contributed by atoms with van der Waals surface area (Å²) in [5.41, 5.74) is 6.22. The fourth-order valence-corrected chi connectivity index (χ4v) is 5.76. The van der Waals surface area contributed by atoms with Crippen LogP contribution in [-0.2, 0) is 13.0 Å². The SMILES string of the molecule is CCN1CCN(Cc2ccc(Nc3ncc(F)c(-c4cc(C)c5nc6n(c5c4)C(C)CC6)n3)nc2C)CC1. The topological polar surface area (TPSA) is 75.0 Å². The van der Waals surface area contributed by atoms with Crippen LogP contribution in [0.4, 0.5) is 16.2 Å². The molecule has 1 N–H and O–H groups in total. The highest BCUT2D eigenvalue weighted by molar-refractivity contribution is 5.85. The smallest absolute Gasteiger partial charge is 0.229 e. The molecule has 38 heavy (non-hydrogen) atoms. The molecule has 0 bridgehead atoms. The maximum absolute atomic E-state index is 15.0. The number of imidazole rings is 1. The molecule has 0 saturated carbocycles. The van der Waals surface area contributed by atoms with Crippen molar-refractivity contribution in [2.45, 2.75) is 53.1 Å². The zero-order valence-corrected chi connectivity index (χ0v) is 22.6. The van der Waals surface area contributed by atoms with Crippen molar-refractivity contribution in [3.8, 4) is 11.3 Å². The molecule has 0 radical (unpaired) electrons. The largest absolute Gasteiger partial charge is 0.325 e. The molecule has 2 aliphatic rings. The van der Waals surface area contributed by atoms with Gasteiger partial charge in [0.2, 0.25) is 5.95 Å². The summed E-state index contributed by atoms with van der Waals surface area (Å²) in [4.78, 5) is 23.3. The number of aryl methyl sites for hydroxylation is 3. The predicted octanol–water partition coefficient (Wildman–Crippen LogP) is 5.03. The Labute approximate surface area is 222 Å². The van der Waals surface area contributed by atoms with Gasteiger partial charge in [-0.1, -0.05) is 13.0 Å². The van der Waals surface area contributed by atoms with Gasteiger partial charge in [0.25, 0.3) is 0 Å². The predicted molar refractivity (Wildman–Crippen MR) is 148 cm³/mol. The quantitative estimate of drug-likeness (QED) is 0.387. The third kappa shape index (κ3) is 4.65. The van der Waals surface area contributed by atoms with Gasteiger partial charge in [-0.25, -0.2) is 24.3 Å². The summed E-state index contributed by atoms with van der Waals surface area (Å²) in [5.74, 6) is 1.62. The number of nitrogens with one attached hydrogen (secondary N) is 1. The minimum Gasteiger partial charge on any atom is -0.325 e. The van der Waals surface area contributed by atoms with Crippen molar-refractivity contribution in [1.29, 1.82) is 0 Å². The van der Waals surface area contributed by atoms with Crippen LogP contribution in [0.5, 0.6) is 0 Å². The lowest BCUT2D eigenvalue weighted by atomic mass is 10.1. The molecular formula is C29H35FN8. The number of pyridine rings is 1. The van der Waals surface area contributed by atoms with Crippen LogP contribution in [0.3, 0.4) is 0 Å². The molecule has 5 heterocycles. The van der Waals surface area contributed by atoms with Gasteiger partial charge in [0.15, 0.2) is 5.82 Å². The summed E-state index contributed by atoms with van der Waals surface area (Å²) in [6, 6.07) is 8.41. The fraction of sp³-hybridized carbons (Fsp3) is 0.448. The molecule has 6 rings (SSSR count). The molecule has 9 heteroatoms. The summed E-state index contributed by atoms with van der Waals surface area (Å²) < 4.78 is 17.3. The van der Waals surface area contributed by atoms with Crippen molar-refractivity contribution in [3.05, 3.63) is 58.9 Å². The summed E-state index contributed by atoms with van der Waals surface area (Å²) in [6.07, 6.45) is 3.28. The lowest BCUT2D eigenvalue weighted by Crippen LogP contribution is -2.45. The van der Waals surface area contributed by atoms with Crippen LogP contribution in [0, 0.1) is 19.7 Å². The van der Waals surface area contributed by atoms with E-state index in [9.17, 15) is 4.39 Å². The van der Waals surface area contributed by atoms with E-state index in [2.05, 4.69) is 49.6 Å². The summed E-state index contributed by atoms with van der Waals surface area (Å²) >= 11 is 0. The van der Waals surface area contributed by atoms with Gasteiger partial charge in [-0.2, -0.15) is 0 Å². The fourth-order valence-electron chi connectivity index (χ4n) is 5.76. The van der Waals surface area contributed by atoms with E-state index in [-0.39, 0.29) is 5.69 Å². The van der Waals surface area contributed by atoms with Gasteiger partial charge in [-0.05, 0) is 63.1 Å². The molecule has 0 aliphatic carbocycles. The molecule has 1 aromatic carbocycles. The minimum atomic E-state index is -0.453. The first-order valence-corrected chi connectivity index (χ1v) is 13.6. The number of likely N-dealkylation sites (N-methyl/N-ethyl adjacent to an activating group) is 1. The molecule has 8 nitrogen and oxygen atoms in total. The number of aromatic nitrogens is 5. The third-order valence-electron chi connectivity index (χ3n) is 8.04. The number of rotatable bonds is 6. The van der Waals surface area contributed by atoms with Gasteiger partial charge in [0, 0.05) is 56.4 Å². The van der Waals surface area contributed by atoms with E-state index in [4.69, 9.17) is 9.97 Å². The van der Waals surface area contributed by atoms with Gasteiger partial charge in [-0.3, -0.25) is 4.90 Å². The average Bonchev–Trinajstić information content (AvgIpc) is 3.47. The molecule has 3 aromatic heterocycles. The van der Waals surface area contributed by atoms with Crippen molar-refractivity contribution < 1.29 is 4.39 Å². The van der Waals surface area contributed by atoms with Crippen LogP contribution in [-0.4, -0.2) is 67.0 Å². The van der Waals surface area contributed by atoms with Gasteiger partial charge < -0.3 is 14.8 Å². The number of hydrogen-bond donors (Lipinski definition) is 1. The molecule has 1 unspecified atom stereocenters. The highest BCUT2D eigenvalue weighted by Crippen LogP contribution is 2.35. The van der Waals surface area contributed by atoms with Gasteiger partial charge >= 0.3 is 0 Å². The number of piperazine rings is 1. The zero-order valence-electron chi connectivity index (χ0n) is 22.6. The highest BCUT2D eigenvalue weighted by Gasteiger charge is 2.24. The normalized spacial score (nSPS) is 18.3. The number of nitrogens with zero attached hydrogens (tertiary/aromatic N) is 7. The number of halogens is 1. The Hall–Kier alpha value is -3.43. The highest BCUT2D eigenvalue weighted by atomic mass is 19.1. The zero-order chi connectivity index (χ0) is 26.4. The first-order chi connectivity index (χ1) is 18.4. The molecule has 2 aliphatic heterocycles. The second-order valence-corrected chi connectivity index (χ2v) is 10.6. The third-order valence-corrected chi connectivity index (χ3v) is 8.04. The summed E-state index contributed by atoms with van der Waals surface area (Å²) in [7, 11) is 0. The number of anilines is 2. The molecule has 1 atom stereocenters. The number of benzene rings is 1. The van der Waals surface area contributed by atoms with Gasteiger partial charge in [0.05, 0.1) is 17.2 Å². The van der Waals surface area contributed by atoms with Crippen molar-refractivity contribution in [1.82, 2.24) is 34.3 Å². The molecule has 4 aromatic rings. The van der Waals surface area contributed by atoms with Crippen LogP contribution in [0.15, 0.2) is 30.5 Å². The lowest BCUT2D eigenvalue weighted by molar-refractivity contribution is 0.131. The van der Waals surface area contributed by atoms with E-state index >= 15 is 0 Å². The Morgan fingerprint density at radius 2 is 1.82 bits per heavy atom. The van der Waals surface area contributed by atoms with E-state index in [1.807, 2.05) is 32.0 Å². The summed E-state index contributed by atoms with van der Waals surface area (Å²) in [5, 5.41) is 3.18. The Morgan fingerprint density at radius 1 is 1.03 bits per heavy atom. The van der Waals surface area contributed by atoms with Gasteiger partial charge in [0.1, 0.15) is 17.3 Å². The van der Waals surface area contributed by atoms with E-state index < -0.39 is 5.82 Å². The molecule has 1 fully saturated rings. The second kappa shape index (κ2) is 10.0. The number of fused-ring (bicyclic) bond motifs is 3. The van der Waals surface area contributed by atoms with E-state index in [1.165, 1.54) is 11.8 Å². The van der Waals surface area contributed by atoms with Crippen LogP contribution in [0.1, 0.15) is 49.0 Å². The van der Waals surface area contributed by atoms with Crippen molar-refractivity contribution in [3.63, 3.8) is 0 Å². The molecule has 1 saturated heterocycles. The monoisotopic (exact) mass is 514 g/mol. The molecule has 0 amide bonds. The van der Waals surface area contributed by atoms with Crippen molar-refractivity contribution in [2.24, 2.45) is 0 Å². The minimum absolute atomic E-state index is 0.272. The Balaban J connectivity index is 1.23. The van der Waals surface area contributed by atoms with Crippen LogP contribution in [0.2, 0.25) is 0 Å². The Kier molecular flexibility index (Phi) is 6.57. The second-order valence-electron chi connectivity index (χ2n) is 10.6. The maximum Gasteiger partial charge on any atom is 0.229 e. The van der Waals surface area contributed by atoms with Crippen LogP contribution >= 0.6 is 0 Å². The Bertz CT molecular complexity index is 1490. The molecule has 198 valence electrons. The van der Waals surface area contributed by atoms with Crippen LogP contribution in [0.25, 0.3) is 22.3 Å². The van der Waals surface area contributed by atoms with E-state index in [1.54, 1.807) is 0 Å². The maximum atomic E-state index is 15.0. The Morgan fingerprint density at radius 3 is 2.58 bits per heavy atom. The number of hydrogen-bond acceptors (Lipinski definition) is 7. The van der Waals surface area contributed by atoms with E-state index in [0.29, 0.717) is 17.8 Å². The standard InChI is InChI=1S/C29H35FN8/c1-5-36-10-12-37(13-11-36)17-21-7-8-25(32-20(21)4)33-29-31-16-23(30)28(35-29)22-14-18(2)27-24(15-22)38-19(3)6-9-26(38)34-27/h7-8,14-16,19H,5-6,9-13,17H2,1-4H3,(H,31,32,33,35).